The number of hydrogen-bond donors (Lipinski definition) is 2. The third-order valence-electron chi connectivity index (χ3n) is 3.37. The Morgan fingerprint density at radius 1 is 0.933 bits per heavy atom. The van der Waals surface area contributed by atoms with Crippen LogP contribution in [0.5, 0.6) is 0 Å². The summed E-state index contributed by atoms with van der Waals surface area (Å²) in [5.41, 5.74) is 0. The Bertz CT molecular complexity index is 265. The standard InChI is InChI=1S/C11H17NO3/c13-10(12-9-5-6-9)7-1-3-8(4-2-7)11(14)15/h7-9H,1-6H2,(H,12,13)(H,14,15). The molecular formula is C11H17NO3. The molecule has 0 aliphatic heterocycles. The Morgan fingerprint density at radius 3 is 1.93 bits per heavy atom. The van der Waals surface area contributed by atoms with Gasteiger partial charge in [-0.25, -0.2) is 0 Å². The third-order valence-corrected chi connectivity index (χ3v) is 3.37. The van der Waals surface area contributed by atoms with Gasteiger partial charge in [0.05, 0.1) is 5.92 Å². The maximum Gasteiger partial charge on any atom is 0.306 e. The molecule has 0 saturated heterocycles. The Labute approximate surface area is 89.0 Å². The second kappa shape index (κ2) is 4.21. The highest BCUT2D eigenvalue weighted by atomic mass is 16.4. The number of amides is 1. The maximum atomic E-state index is 11.7. The first-order valence-corrected chi connectivity index (χ1v) is 5.70. The van der Waals surface area contributed by atoms with Crippen LogP contribution in [0.2, 0.25) is 0 Å². The number of carboxylic acid groups (broad SMARTS) is 1. The summed E-state index contributed by atoms with van der Waals surface area (Å²) >= 11 is 0. The van der Waals surface area contributed by atoms with Crippen LogP contribution in [0.3, 0.4) is 0 Å². The van der Waals surface area contributed by atoms with Gasteiger partial charge in [-0.3, -0.25) is 9.59 Å². The number of aliphatic carboxylic acids is 1. The van der Waals surface area contributed by atoms with Crippen molar-refractivity contribution in [3.8, 4) is 0 Å². The van der Waals surface area contributed by atoms with Gasteiger partial charge in [-0.2, -0.15) is 0 Å². The van der Waals surface area contributed by atoms with Gasteiger partial charge in [0.1, 0.15) is 0 Å². The summed E-state index contributed by atoms with van der Waals surface area (Å²) in [6, 6.07) is 0.412. The first-order chi connectivity index (χ1) is 7.16. The highest BCUT2D eigenvalue weighted by Gasteiger charge is 2.32. The smallest absolute Gasteiger partial charge is 0.306 e. The van der Waals surface area contributed by atoms with Crippen molar-refractivity contribution in [2.45, 2.75) is 44.6 Å². The minimum atomic E-state index is -0.712. The number of hydrogen-bond acceptors (Lipinski definition) is 2. The van der Waals surface area contributed by atoms with E-state index in [4.69, 9.17) is 5.11 Å². The molecule has 0 bridgehead atoms. The van der Waals surface area contributed by atoms with Crippen molar-refractivity contribution < 1.29 is 14.7 Å². The van der Waals surface area contributed by atoms with Crippen molar-refractivity contribution in [1.82, 2.24) is 5.32 Å². The van der Waals surface area contributed by atoms with Gasteiger partial charge in [0.2, 0.25) is 5.91 Å². The molecule has 0 spiro atoms. The van der Waals surface area contributed by atoms with Crippen molar-refractivity contribution in [1.29, 1.82) is 0 Å². The molecular weight excluding hydrogens is 194 g/mol. The summed E-state index contributed by atoms with van der Waals surface area (Å²) in [6.07, 6.45) is 4.98. The summed E-state index contributed by atoms with van der Waals surface area (Å²) in [7, 11) is 0. The zero-order valence-corrected chi connectivity index (χ0v) is 8.74. The summed E-state index contributed by atoms with van der Waals surface area (Å²) in [5.74, 6) is -0.742. The fourth-order valence-corrected chi connectivity index (χ4v) is 2.15. The van der Waals surface area contributed by atoms with Crippen LogP contribution in [0.4, 0.5) is 0 Å². The topological polar surface area (TPSA) is 66.4 Å². The van der Waals surface area contributed by atoms with Gasteiger partial charge in [0.15, 0.2) is 0 Å². The zero-order chi connectivity index (χ0) is 10.8. The van der Waals surface area contributed by atoms with Crippen LogP contribution in [-0.2, 0) is 9.59 Å². The molecule has 0 radical (unpaired) electrons. The SMILES string of the molecule is O=C(O)C1CCC(C(=O)NC2CC2)CC1. The Morgan fingerprint density at radius 2 is 1.47 bits per heavy atom. The molecule has 4 nitrogen and oxygen atoms in total. The molecule has 2 fully saturated rings. The van der Waals surface area contributed by atoms with E-state index in [2.05, 4.69) is 5.32 Å². The van der Waals surface area contributed by atoms with E-state index >= 15 is 0 Å². The fourth-order valence-electron chi connectivity index (χ4n) is 2.15. The van der Waals surface area contributed by atoms with Crippen LogP contribution in [-0.4, -0.2) is 23.0 Å². The molecule has 0 heterocycles. The van der Waals surface area contributed by atoms with Gasteiger partial charge < -0.3 is 10.4 Å². The van der Waals surface area contributed by atoms with Crippen molar-refractivity contribution in [2.24, 2.45) is 11.8 Å². The number of rotatable bonds is 3. The van der Waals surface area contributed by atoms with Gasteiger partial charge in [0, 0.05) is 12.0 Å². The van der Waals surface area contributed by atoms with Crippen molar-refractivity contribution in [2.75, 3.05) is 0 Å². The van der Waals surface area contributed by atoms with E-state index in [-0.39, 0.29) is 17.7 Å². The van der Waals surface area contributed by atoms with Crippen LogP contribution >= 0.6 is 0 Å². The number of carbonyl (C=O) groups excluding carboxylic acids is 1. The molecule has 4 heteroatoms. The summed E-state index contributed by atoms with van der Waals surface area (Å²) in [6.45, 7) is 0. The molecule has 0 aromatic heterocycles. The average Bonchev–Trinajstić information content (AvgIpc) is 3.02. The van der Waals surface area contributed by atoms with E-state index in [0.717, 1.165) is 25.7 Å². The Balaban J connectivity index is 1.76. The minimum absolute atomic E-state index is 0.0567. The molecule has 84 valence electrons. The van der Waals surface area contributed by atoms with Gasteiger partial charge >= 0.3 is 5.97 Å². The molecule has 15 heavy (non-hydrogen) atoms. The molecule has 0 aromatic carbocycles. The molecule has 2 aliphatic carbocycles. The van der Waals surface area contributed by atoms with Gasteiger partial charge in [-0.1, -0.05) is 0 Å². The number of nitrogens with one attached hydrogen (secondary N) is 1. The zero-order valence-electron chi connectivity index (χ0n) is 8.74. The number of carboxylic acids is 1. The summed E-state index contributed by atoms with van der Waals surface area (Å²) in [5, 5.41) is 11.8. The quantitative estimate of drug-likeness (QED) is 0.736. The van der Waals surface area contributed by atoms with E-state index in [9.17, 15) is 9.59 Å². The molecule has 2 N–H and O–H groups in total. The second-order valence-electron chi connectivity index (χ2n) is 4.67. The second-order valence-corrected chi connectivity index (χ2v) is 4.67. The maximum absolute atomic E-state index is 11.7. The highest BCUT2D eigenvalue weighted by molar-refractivity contribution is 5.79. The van der Waals surface area contributed by atoms with Crippen molar-refractivity contribution in [3.63, 3.8) is 0 Å². The largest absolute Gasteiger partial charge is 0.481 e. The lowest BCUT2D eigenvalue weighted by molar-refractivity contribution is -0.144. The highest BCUT2D eigenvalue weighted by Crippen LogP contribution is 2.30. The van der Waals surface area contributed by atoms with E-state index in [0.29, 0.717) is 18.9 Å². The first kappa shape index (κ1) is 10.5. The Hall–Kier alpha value is -1.06. The molecule has 2 aliphatic rings. The molecule has 2 saturated carbocycles. The molecule has 0 aromatic rings. The van der Waals surface area contributed by atoms with E-state index in [1.807, 2.05) is 0 Å². The first-order valence-electron chi connectivity index (χ1n) is 5.70. The van der Waals surface area contributed by atoms with Gasteiger partial charge in [0.25, 0.3) is 0 Å². The Kier molecular flexibility index (Phi) is 2.93. The van der Waals surface area contributed by atoms with Crippen LogP contribution < -0.4 is 5.32 Å². The predicted octanol–water partition coefficient (Wildman–Crippen LogP) is 1.16. The third kappa shape index (κ3) is 2.70. The number of carbonyl (C=O) groups is 2. The van der Waals surface area contributed by atoms with Crippen LogP contribution in [0.25, 0.3) is 0 Å². The lowest BCUT2D eigenvalue weighted by atomic mass is 9.81. The normalized spacial score (nSPS) is 30.9. The van der Waals surface area contributed by atoms with Crippen LogP contribution in [0.15, 0.2) is 0 Å². The van der Waals surface area contributed by atoms with Crippen molar-refractivity contribution in [3.05, 3.63) is 0 Å². The molecule has 2 rings (SSSR count). The minimum Gasteiger partial charge on any atom is -0.481 e. The average molecular weight is 211 g/mol. The van der Waals surface area contributed by atoms with Gasteiger partial charge in [-0.15, -0.1) is 0 Å². The fraction of sp³-hybridized carbons (Fsp3) is 0.818. The van der Waals surface area contributed by atoms with Crippen LogP contribution in [0.1, 0.15) is 38.5 Å². The summed E-state index contributed by atoms with van der Waals surface area (Å²) in [4.78, 5) is 22.4. The molecule has 0 unspecified atom stereocenters. The lowest BCUT2D eigenvalue weighted by Crippen LogP contribution is -2.35. The van der Waals surface area contributed by atoms with E-state index in [1.54, 1.807) is 0 Å². The predicted molar refractivity (Wildman–Crippen MR) is 54.2 cm³/mol. The summed E-state index contributed by atoms with van der Waals surface area (Å²) < 4.78 is 0. The van der Waals surface area contributed by atoms with E-state index < -0.39 is 5.97 Å². The monoisotopic (exact) mass is 211 g/mol. The molecule has 1 amide bonds. The lowest BCUT2D eigenvalue weighted by Gasteiger charge is -2.25. The van der Waals surface area contributed by atoms with Crippen molar-refractivity contribution >= 4 is 11.9 Å². The van der Waals surface area contributed by atoms with Crippen LogP contribution in [0, 0.1) is 11.8 Å². The molecule has 0 atom stereocenters. The van der Waals surface area contributed by atoms with E-state index in [1.165, 1.54) is 0 Å². The van der Waals surface area contributed by atoms with Gasteiger partial charge in [-0.05, 0) is 38.5 Å².